The molecule has 37 heavy (non-hydrogen) atoms. The molecule has 0 fully saturated rings. The SMILES string of the molecule is COc1cccc(-c2cc(-c3ccccc3)nc3sc(C(=O)NC(C)c4ccccc4)c(N)c23)c1OC. The number of fused-ring (bicyclic) bond motifs is 1. The standard InChI is InChI=1S/C30H27N3O3S/c1-18(19-11-6-4-7-12-19)32-29(34)28-26(31)25-22(21-15-10-16-24(35-2)27(21)36-3)17-23(33-30(25)37-28)20-13-8-5-9-14-20/h4-18H,31H2,1-3H3,(H,32,34). The fraction of sp³-hybridized carbons (Fsp3) is 0.133. The molecular formula is C30H27N3O3S. The third-order valence-electron chi connectivity index (χ3n) is 6.32. The van der Waals surface area contributed by atoms with Gasteiger partial charge in [-0.15, -0.1) is 11.3 Å². The number of carbonyl (C=O) groups is 1. The third-order valence-corrected chi connectivity index (χ3v) is 7.41. The number of amides is 1. The number of nitrogen functional groups attached to an aromatic ring is 1. The Morgan fingerprint density at radius 1 is 0.919 bits per heavy atom. The van der Waals surface area contributed by atoms with Gasteiger partial charge in [-0.05, 0) is 24.6 Å². The first-order chi connectivity index (χ1) is 18.0. The number of thiophene rings is 1. The highest BCUT2D eigenvalue weighted by Crippen LogP contribution is 2.46. The van der Waals surface area contributed by atoms with Crippen LogP contribution in [0.1, 0.15) is 28.2 Å². The van der Waals surface area contributed by atoms with Gasteiger partial charge in [0, 0.05) is 22.1 Å². The molecule has 0 aliphatic heterocycles. The zero-order valence-corrected chi connectivity index (χ0v) is 21.6. The highest BCUT2D eigenvalue weighted by molar-refractivity contribution is 7.21. The van der Waals surface area contributed by atoms with Gasteiger partial charge in [-0.1, -0.05) is 72.8 Å². The van der Waals surface area contributed by atoms with Crippen LogP contribution in [0.4, 0.5) is 5.69 Å². The number of aromatic nitrogens is 1. The first-order valence-electron chi connectivity index (χ1n) is 11.9. The van der Waals surface area contributed by atoms with E-state index in [0.29, 0.717) is 32.3 Å². The zero-order valence-electron chi connectivity index (χ0n) is 20.8. The summed E-state index contributed by atoms with van der Waals surface area (Å²) in [6.45, 7) is 1.95. The minimum Gasteiger partial charge on any atom is -0.493 e. The summed E-state index contributed by atoms with van der Waals surface area (Å²) in [5.41, 5.74) is 11.5. The van der Waals surface area contributed by atoms with Crippen LogP contribution >= 0.6 is 11.3 Å². The van der Waals surface area contributed by atoms with Crippen molar-refractivity contribution in [2.75, 3.05) is 20.0 Å². The maximum absolute atomic E-state index is 13.4. The summed E-state index contributed by atoms with van der Waals surface area (Å²) in [5.74, 6) is 0.960. The lowest BCUT2D eigenvalue weighted by molar-refractivity contribution is 0.0945. The van der Waals surface area contributed by atoms with Crippen LogP contribution in [0.3, 0.4) is 0 Å². The molecule has 3 N–H and O–H groups in total. The van der Waals surface area contributed by atoms with Crippen LogP contribution in [0.5, 0.6) is 11.5 Å². The topological polar surface area (TPSA) is 86.5 Å². The van der Waals surface area contributed by atoms with Crippen LogP contribution in [-0.2, 0) is 0 Å². The second-order valence-corrected chi connectivity index (χ2v) is 9.59. The normalized spacial score (nSPS) is 11.8. The average molecular weight is 510 g/mol. The molecule has 0 aliphatic carbocycles. The van der Waals surface area contributed by atoms with E-state index >= 15 is 0 Å². The number of methoxy groups -OCH3 is 2. The Labute approximate surface area is 219 Å². The first-order valence-corrected chi connectivity index (χ1v) is 12.7. The molecule has 1 amide bonds. The van der Waals surface area contributed by atoms with Gasteiger partial charge in [0.15, 0.2) is 11.5 Å². The largest absolute Gasteiger partial charge is 0.493 e. The van der Waals surface area contributed by atoms with Crippen LogP contribution in [0, 0.1) is 0 Å². The predicted octanol–water partition coefficient (Wildman–Crippen LogP) is 6.72. The number of nitrogens with one attached hydrogen (secondary N) is 1. The van der Waals surface area contributed by atoms with Crippen molar-refractivity contribution in [3.8, 4) is 33.9 Å². The first kappa shape index (κ1) is 24.3. The van der Waals surface area contributed by atoms with Crippen LogP contribution in [0.15, 0.2) is 84.9 Å². The molecule has 0 bridgehead atoms. The van der Waals surface area contributed by atoms with Gasteiger partial charge in [0.2, 0.25) is 0 Å². The number of carbonyl (C=O) groups excluding carboxylic acids is 1. The van der Waals surface area contributed by atoms with Gasteiger partial charge < -0.3 is 20.5 Å². The maximum atomic E-state index is 13.4. The molecular weight excluding hydrogens is 482 g/mol. The van der Waals surface area contributed by atoms with Crippen molar-refractivity contribution in [1.29, 1.82) is 0 Å². The van der Waals surface area contributed by atoms with Crippen molar-refractivity contribution in [1.82, 2.24) is 10.3 Å². The molecule has 186 valence electrons. The molecule has 7 heteroatoms. The second kappa shape index (κ2) is 10.3. The summed E-state index contributed by atoms with van der Waals surface area (Å²) < 4.78 is 11.3. The summed E-state index contributed by atoms with van der Waals surface area (Å²) in [6, 6.07) is 27.3. The smallest absolute Gasteiger partial charge is 0.264 e. The average Bonchev–Trinajstić information content (AvgIpc) is 3.29. The quantitative estimate of drug-likeness (QED) is 0.254. The number of hydrogen-bond acceptors (Lipinski definition) is 6. The molecule has 0 radical (unpaired) electrons. The lowest BCUT2D eigenvalue weighted by atomic mass is 9.98. The van der Waals surface area contributed by atoms with Crippen LogP contribution in [0.2, 0.25) is 0 Å². The van der Waals surface area contributed by atoms with Gasteiger partial charge >= 0.3 is 0 Å². The van der Waals surface area contributed by atoms with E-state index < -0.39 is 0 Å². The molecule has 0 saturated carbocycles. The molecule has 2 aromatic heterocycles. The fourth-order valence-electron chi connectivity index (χ4n) is 4.45. The van der Waals surface area contributed by atoms with E-state index in [4.69, 9.17) is 20.2 Å². The number of anilines is 1. The van der Waals surface area contributed by atoms with Gasteiger partial charge in [-0.2, -0.15) is 0 Å². The second-order valence-electron chi connectivity index (χ2n) is 8.59. The number of nitrogens with zero attached hydrogens (tertiary/aromatic N) is 1. The van der Waals surface area contributed by atoms with E-state index in [1.807, 2.05) is 91.9 Å². The summed E-state index contributed by atoms with van der Waals surface area (Å²) in [6.07, 6.45) is 0. The van der Waals surface area contributed by atoms with E-state index in [9.17, 15) is 4.79 Å². The van der Waals surface area contributed by atoms with Gasteiger partial charge in [-0.25, -0.2) is 4.98 Å². The summed E-state index contributed by atoms with van der Waals surface area (Å²) >= 11 is 1.29. The molecule has 1 atom stereocenters. The minimum absolute atomic E-state index is 0.177. The molecule has 6 nitrogen and oxygen atoms in total. The minimum atomic E-state index is -0.235. The Morgan fingerprint density at radius 3 is 2.30 bits per heavy atom. The molecule has 1 unspecified atom stereocenters. The fourth-order valence-corrected chi connectivity index (χ4v) is 5.47. The van der Waals surface area contributed by atoms with E-state index in [0.717, 1.165) is 27.9 Å². The Bertz CT molecular complexity index is 1570. The number of nitrogens with two attached hydrogens (primary N) is 1. The van der Waals surface area contributed by atoms with Crippen molar-refractivity contribution in [2.24, 2.45) is 0 Å². The molecule has 0 spiro atoms. The molecule has 2 heterocycles. The number of hydrogen-bond donors (Lipinski definition) is 2. The Balaban J connectivity index is 1.68. The lowest BCUT2D eigenvalue weighted by Crippen LogP contribution is -2.26. The van der Waals surface area contributed by atoms with Gasteiger partial charge in [-0.3, -0.25) is 4.79 Å². The number of pyridine rings is 1. The number of ether oxygens (including phenoxy) is 2. The van der Waals surface area contributed by atoms with E-state index in [1.54, 1.807) is 14.2 Å². The summed E-state index contributed by atoms with van der Waals surface area (Å²) in [4.78, 5) is 19.4. The molecule has 0 aliphatic rings. The Kier molecular flexibility index (Phi) is 6.79. The predicted molar refractivity (Wildman–Crippen MR) is 150 cm³/mol. The maximum Gasteiger partial charge on any atom is 0.264 e. The van der Waals surface area contributed by atoms with E-state index in [1.165, 1.54) is 11.3 Å². The molecule has 3 aromatic carbocycles. The number of rotatable bonds is 7. The zero-order chi connectivity index (χ0) is 25.9. The Morgan fingerprint density at radius 2 is 1.62 bits per heavy atom. The van der Waals surface area contributed by atoms with Crippen molar-refractivity contribution in [3.63, 3.8) is 0 Å². The Hall–Kier alpha value is -4.36. The van der Waals surface area contributed by atoms with Crippen LogP contribution in [-0.4, -0.2) is 25.1 Å². The monoisotopic (exact) mass is 509 g/mol. The number of benzene rings is 3. The summed E-state index contributed by atoms with van der Waals surface area (Å²) in [5, 5.41) is 3.80. The lowest BCUT2D eigenvalue weighted by Gasteiger charge is -2.15. The van der Waals surface area contributed by atoms with Crippen molar-refractivity contribution >= 4 is 33.1 Å². The van der Waals surface area contributed by atoms with Crippen molar-refractivity contribution in [3.05, 3.63) is 95.4 Å². The molecule has 5 rings (SSSR count). The number of para-hydroxylation sites is 1. The van der Waals surface area contributed by atoms with Crippen LogP contribution < -0.4 is 20.5 Å². The highest BCUT2D eigenvalue weighted by Gasteiger charge is 2.24. The van der Waals surface area contributed by atoms with Gasteiger partial charge in [0.05, 0.1) is 31.6 Å². The van der Waals surface area contributed by atoms with Crippen molar-refractivity contribution in [2.45, 2.75) is 13.0 Å². The summed E-state index contributed by atoms with van der Waals surface area (Å²) in [7, 11) is 3.22. The van der Waals surface area contributed by atoms with E-state index in [-0.39, 0.29) is 11.9 Å². The third kappa shape index (κ3) is 4.61. The highest BCUT2D eigenvalue weighted by atomic mass is 32.1. The molecule has 5 aromatic rings. The molecule has 0 saturated heterocycles. The van der Waals surface area contributed by atoms with Crippen molar-refractivity contribution < 1.29 is 14.3 Å². The van der Waals surface area contributed by atoms with Gasteiger partial charge in [0.1, 0.15) is 9.71 Å². The van der Waals surface area contributed by atoms with Crippen LogP contribution in [0.25, 0.3) is 32.6 Å². The van der Waals surface area contributed by atoms with E-state index in [2.05, 4.69) is 5.32 Å². The van der Waals surface area contributed by atoms with Gasteiger partial charge in [0.25, 0.3) is 5.91 Å².